The van der Waals surface area contributed by atoms with Crippen molar-refractivity contribution < 1.29 is 8.42 Å². The Labute approximate surface area is 173 Å². The average Bonchev–Trinajstić information content (AvgIpc) is 3.06. The maximum absolute atomic E-state index is 12.2. The summed E-state index contributed by atoms with van der Waals surface area (Å²) in [5.41, 5.74) is 4.63. The van der Waals surface area contributed by atoms with Gasteiger partial charge in [-0.1, -0.05) is 57.5 Å². The van der Waals surface area contributed by atoms with E-state index in [4.69, 9.17) is 4.99 Å². The van der Waals surface area contributed by atoms with Crippen molar-refractivity contribution in [1.29, 1.82) is 0 Å². The van der Waals surface area contributed by atoms with Gasteiger partial charge in [0.15, 0.2) is 15.0 Å². The van der Waals surface area contributed by atoms with Gasteiger partial charge in [-0.05, 0) is 43.2 Å². The highest BCUT2D eigenvalue weighted by Gasteiger charge is 2.47. The molecule has 0 amide bonds. The zero-order chi connectivity index (χ0) is 19.2. The number of fused-ring (bicyclic) bond motifs is 1. The molecule has 27 heavy (non-hydrogen) atoms. The molecule has 0 aromatic heterocycles. The van der Waals surface area contributed by atoms with Crippen molar-refractivity contribution in [3.05, 3.63) is 63.6 Å². The molecule has 142 valence electrons. The third-order valence-electron chi connectivity index (χ3n) is 5.00. The first-order chi connectivity index (χ1) is 12.8. The van der Waals surface area contributed by atoms with Crippen LogP contribution in [0.25, 0.3) is 0 Å². The van der Waals surface area contributed by atoms with Gasteiger partial charge in [-0.2, -0.15) is 0 Å². The Hall–Kier alpha value is -1.31. The molecule has 4 rings (SSSR count). The number of aliphatic imine (C=N–C) groups is 1. The van der Waals surface area contributed by atoms with E-state index in [1.165, 1.54) is 11.1 Å². The van der Waals surface area contributed by atoms with Crippen LogP contribution >= 0.6 is 27.7 Å². The molecule has 7 heteroatoms. The highest BCUT2D eigenvalue weighted by molar-refractivity contribution is 9.10. The topological polar surface area (TPSA) is 49.7 Å². The van der Waals surface area contributed by atoms with Crippen LogP contribution in [0.4, 0.5) is 5.69 Å². The summed E-state index contributed by atoms with van der Waals surface area (Å²) in [7, 11) is -3.03. The van der Waals surface area contributed by atoms with E-state index in [1.54, 1.807) is 11.8 Å². The second-order valence-corrected chi connectivity index (χ2v) is 11.2. The van der Waals surface area contributed by atoms with Gasteiger partial charge in [0.05, 0.1) is 23.6 Å². The van der Waals surface area contributed by atoms with Crippen LogP contribution in [0.3, 0.4) is 0 Å². The van der Waals surface area contributed by atoms with Crippen LogP contribution in [-0.2, 0) is 15.6 Å². The largest absolute Gasteiger partial charge is 0.315 e. The first-order valence-corrected chi connectivity index (χ1v) is 12.4. The molecule has 4 nitrogen and oxygen atoms in total. The Morgan fingerprint density at radius 1 is 1.15 bits per heavy atom. The van der Waals surface area contributed by atoms with Crippen molar-refractivity contribution in [2.75, 3.05) is 16.4 Å². The molecule has 2 aliphatic rings. The van der Waals surface area contributed by atoms with Gasteiger partial charge < -0.3 is 4.90 Å². The number of anilines is 1. The molecule has 1 fully saturated rings. The number of nitrogens with zero attached hydrogens (tertiary/aromatic N) is 2. The van der Waals surface area contributed by atoms with Crippen LogP contribution in [0.1, 0.15) is 16.7 Å². The normalized spacial score (nSPS) is 23.4. The smallest absolute Gasteiger partial charge is 0.164 e. The van der Waals surface area contributed by atoms with Crippen molar-refractivity contribution in [3.63, 3.8) is 0 Å². The molecule has 0 aliphatic carbocycles. The summed E-state index contributed by atoms with van der Waals surface area (Å²) < 4.78 is 25.4. The van der Waals surface area contributed by atoms with Gasteiger partial charge in [-0.15, -0.1) is 0 Å². The highest BCUT2D eigenvalue weighted by Crippen LogP contribution is 2.37. The maximum Gasteiger partial charge on any atom is 0.164 e. The standard InChI is InChI=1S/C20H21BrN2O2S2/c1-13-3-8-18(14(2)9-13)23-19-12-27(24,25)11-17(19)22-20(23)26-10-15-4-6-16(21)7-5-15/h3-9,17,19H,10-12H2,1-2H3/t17-,19+/m1/s1. The van der Waals surface area contributed by atoms with Gasteiger partial charge in [-0.25, -0.2) is 8.42 Å². The molecule has 2 aromatic rings. The van der Waals surface area contributed by atoms with E-state index in [2.05, 4.69) is 65.0 Å². The summed E-state index contributed by atoms with van der Waals surface area (Å²) >= 11 is 5.15. The fourth-order valence-electron chi connectivity index (χ4n) is 3.72. The van der Waals surface area contributed by atoms with E-state index < -0.39 is 9.84 Å². The van der Waals surface area contributed by atoms with E-state index in [0.717, 1.165) is 26.6 Å². The minimum atomic E-state index is -3.03. The molecule has 0 N–H and O–H groups in total. The van der Waals surface area contributed by atoms with Crippen LogP contribution in [-0.4, -0.2) is 37.2 Å². The molecule has 1 saturated heterocycles. The predicted octanol–water partition coefficient (Wildman–Crippen LogP) is 4.34. The third-order valence-corrected chi connectivity index (χ3v) is 8.27. The van der Waals surface area contributed by atoms with Crippen molar-refractivity contribution in [1.82, 2.24) is 0 Å². The zero-order valence-corrected chi connectivity index (χ0v) is 18.4. The van der Waals surface area contributed by atoms with Crippen molar-refractivity contribution in [2.45, 2.75) is 31.7 Å². The Kier molecular flexibility index (Phi) is 5.12. The van der Waals surface area contributed by atoms with Crippen LogP contribution in [0.2, 0.25) is 0 Å². The molecule has 0 radical (unpaired) electrons. The molecule has 0 saturated carbocycles. The predicted molar refractivity (Wildman–Crippen MR) is 117 cm³/mol. The van der Waals surface area contributed by atoms with E-state index in [0.29, 0.717) is 0 Å². The quantitative estimate of drug-likeness (QED) is 0.677. The average molecular weight is 465 g/mol. The lowest BCUT2D eigenvalue weighted by Crippen LogP contribution is -2.39. The van der Waals surface area contributed by atoms with Crippen molar-refractivity contribution >= 4 is 48.4 Å². The molecule has 0 unspecified atom stereocenters. The fraction of sp³-hybridized carbons (Fsp3) is 0.350. The van der Waals surface area contributed by atoms with Gasteiger partial charge >= 0.3 is 0 Å². The molecule has 2 aliphatic heterocycles. The summed E-state index contributed by atoms with van der Waals surface area (Å²) in [6.45, 7) is 4.15. The number of amidine groups is 1. The Morgan fingerprint density at radius 3 is 2.59 bits per heavy atom. The first-order valence-electron chi connectivity index (χ1n) is 8.84. The van der Waals surface area contributed by atoms with Crippen LogP contribution < -0.4 is 4.90 Å². The zero-order valence-electron chi connectivity index (χ0n) is 15.2. The molecular weight excluding hydrogens is 444 g/mol. The lowest BCUT2D eigenvalue weighted by molar-refractivity contribution is 0.601. The number of aryl methyl sites for hydroxylation is 2. The Balaban J connectivity index is 1.64. The summed E-state index contributed by atoms with van der Waals surface area (Å²) in [5, 5.41) is 0.926. The van der Waals surface area contributed by atoms with Crippen LogP contribution in [0.15, 0.2) is 51.9 Å². The number of thioether (sulfide) groups is 1. The molecule has 2 aromatic carbocycles. The summed E-state index contributed by atoms with van der Waals surface area (Å²) in [5.74, 6) is 1.14. The number of halogens is 1. The monoisotopic (exact) mass is 464 g/mol. The van der Waals surface area contributed by atoms with Crippen molar-refractivity contribution in [3.8, 4) is 0 Å². The summed E-state index contributed by atoms with van der Waals surface area (Å²) in [4.78, 5) is 6.98. The minimum absolute atomic E-state index is 0.0937. The molecular formula is C20H21BrN2O2S2. The number of benzene rings is 2. The second-order valence-electron chi connectivity index (χ2n) is 7.20. The fourth-order valence-corrected chi connectivity index (χ4v) is 6.90. The Bertz CT molecular complexity index is 1000. The SMILES string of the molecule is Cc1ccc(N2C(SCc3ccc(Br)cc3)=N[C@@H]3CS(=O)(=O)C[C@@H]32)c(C)c1. The lowest BCUT2D eigenvalue weighted by Gasteiger charge is -2.28. The number of hydrogen-bond acceptors (Lipinski definition) is 5. The van der Waals surface area contributed by atoms with Crippen LogP contribution in [0, 0.1) is 13.8 Å². The molecule has 2 heterocycles. The van der Waals surface area contributed by atoms with Gasteiger partial charge in [0.1, 0.15) is 0 Å². The number of hydrogen-bond donors (Lipinski definition) is 0. The molecule has 0 bridgehead atoms. The van der Waals surface area contributed by atoms with Gasteiger partial charge in [0.25, 0.3) is 0 Å². The van der Waals surface area contributed by atoms with E-state index in [-0.39, 0.29) is 23.6 Å². The lowest BCUT2D eigenvalue weighted by atomic mass is 10.1. The second kappa shape index (κ2) is 7.26. The van der Waals surface area contributed by atoms with Gasteiger partial charge in [0, 0.05) is 15.9 Å². The summed E-state index contributed by atoms with van der Waals surface area (Å²) in [6.07, 6.45) is 0. The third kappa shape index (κ3) is 3.96. The Morgan fingerprint density at radius 2 is 1.89 bits per heavy atom. The summed E-state index contributed by atoms with van der Waals surface area (Å²) in [6, 6.07) is 14.3. The molecule has 2 atom stereocenters. The van der Waals surface area contributed by atoms with Crippen LogP contribution in [0.5, 0.6) is 0 Å². The van der Waals surface area contributed by atoms with E-state index in [1.807, 2.05) is 12.1 Å². The maximum atomic E-state index is 12.2. The minimum Gasteiger partial charge on any atom is -0.315 e. The number of rotatable bonds is 3. The van der Waals surface area contributed by atoms with E-state index in [9.17, 15) is 8.42 Å². The van der Waals surface area contributed by atoms with Gasteiger partial charge in [0.2, 0.25) is 0 Å². The van der Waals surface area contributed by atoms with E-state index >= 15 is 0 Å². The van der Waals surface area contributed by atoms with Gasteiger partial charge in [-0.3, -0.25) is 4.99 Å². The highest BCUT2D eigenvalue weighted by atomic mass is 79.9. The number of sulfone groups is 1. The first kappa shape index (κ1) is 19.0. The van der Waals surface area contributed by atoms with Crippen molar-refractivity contribution in [2.24, 2.45) is 4.99 Å². The molecule has 0 spiro atoms.